The maximum Gasteiger partial charge on any atom is 0.254 e. The monoisotopic (exact) mass is 290 g/mol. The molecule has 2 aliphatic heterocycles. The van der Waals surface area contributed by atoms with E-state index in [1.165, 1.54) is 18.9 Å². The topological polar surface area (TPSA) is 32.3 Å². The smallest absolute Gasteiger partial charge is 0.254 e. The molecule has 3 nitrogen and oxygen atoms in total. The summed E-state index contributed by atoms with van der Waals surface area (Å²) in [5.41, 5.74) is 1.13. The molecular weight excluding hydrogens is 267 g/mol. The van der Waals surface area contributed by atoms with E-state index in [0.717, 1.165) is 12.8 Å². The molecule has 3 rings (SSSR count). The van der Waals surface area contributed by atoms with Gasteiger partial charge in [0.15, 0.2) is 0 Å². The van der Waals surface area contributed by atoms with E-state index in [9.17, 15) is 9.18 Å². The molecule has 2 heterocycles. The molecule has 1 N–H and O–H groups in total. The van der Waals surface area contributed by atoms with Gasteiger partial charge in [0.1, 0.15) is 5.82 Å². The molecule has 2 atom stereocenters. The molecule has 2 aliphatic rings. The molecule has 0 radical (unpaired) electrons. The van der Waals surface area contributed by atoms with Crippen LogP contribution in [-0.4, -0.2) is 35.5 Å². The molecule has 114 valence electrons. The molecule has 0 spiro atoms. The van der Waals surface area contributed by atoms with Crippen LogP contribution in [0.25, 0.3) is 0 Å². The van der Waals surface area contributed by atoms with Crippen molar-refractivity contribution in [1.29, 1.82) is 0 Å². The van der Waals surface area contributed by atoms with Gasteiger partial charge in [0.2, 0.25) is 0 Å². The highest BCUT2D eigenvalue weighted by molar-refractivity contribution is 5.94. The van der Waals surface area contributed by atoms with Crippen molar-refractivity contribution in [2.24, 2.45) is 0 Å². The van der Waals surface area contributed by atoms with Gasteiger partial charge >= 0.3 is 0 Å². The van der Waals surface area contributed by atoms with E-state index in [0.29, 0.717) is 35.8 Å². The summed E-state index contributed by atoms with van der Waals surface area (Å²) in [6.45, 7) is 4.44. The molecule has 0 aromatic heterocycles. The van der Waals surface area contributed by atoms with E-state index < -0.39 is 0 Å². The summed E-state index contributed by atoms with van der Waals surface area (Å²) in [6.07, 6.45) is 4.53. The minimum atomic E-state index is -0.255. The number of amides is 1. The summed E-state index contributed by atoms with van der Waals surface area (Å²) in [6, 6.07) is 6.09. The summed E-state index contributed by atoms with van der Waals surface area (Å²) in [7, 11) is 0. The lowest BCUT2D eigenvalue weighted by Gasteiger charge is -2.37. The van der Waals surface area contributed by atoms with Crippen LogP contribution in [0.1, 0.15) is 48.5 Å². The second kappa shape index (κ2) is 5.76. The largest absolute Gasteiger partial charge is 0.336 e. The van der Waals surface area contributed by atoms with Crippen LogP contribution in [0.15, 0.2) is 18.2 Å². The van der Waals surface area contributed by atoms with Crippen molar-refractivity contribution in [2.45, 2.75) is 57.7 Å². The van der Waals surface area contributed by atoms with Crippen molar-refractivity contribution in [1.82, 2.24) is 10.2 Å². The van der Waals surface area contributed by atoms with Gasteiger partial charge in [-0.05, 0) is 63.3 Å². The molecule has 4 heteroatoms. The van der Waals surface area contributed by atoms with E-state index in [2.05, 4.69) is 5.32 Å². The molecule has 1 aromatic rings. The minimum Gasteiger partial charge on any atom is -0.336 e. The lowest BCUT2D eigenvalue weighted by molar-refractivity contribution is 0.0631. The van der Waals surface area contributed by atoms with Crippen molar-refractivity contribution < 1.29 is 9.18 Å². The van der Waals surface area contributed by atoms with Crippen LogP contribution in [0.5, 0.6) is 0 Å². The van der Waals surface area contributed by atoms with Crippen LogP contribution in [0.3, 0.4) is 0 Å². The SMILES string of the molecule is CCN(C(=O)c1ccc(F)c(C)c1)C1CC2CCC(C1)N2. The summed E-state index contributed by atoms with van der Waals surface area (Å²) in [4.78, 5) is 14.7. The van der Waals surface area contributed by atoms with Crippen LogP contribution in [0, 0.1) is 12.7 Å². The fourth-order valence-electron chi connectivity index (χ4n) is 3.79. The number of benzene rings is 1. The molecule has 1 amide bonds. The normalized spacial score (nSPS) is 27.7. The van der Waals surface area contributed by atoms with Crippen LogP contribution in [0.4, 0.5) is 4.39 Å². The van der Waals surface area contributed by atoms with Gasteiger partial charge in [-0.1, -0.05) is 0 Å². The highest BCUT2D eigenvalue weighted by Crippen LogP contribution is 2.30. The van der Waals surface area contributed by atoms with Crippen LogP contribution < -0.4 is 5.32 Å². The standard InChI is InChI=1S/C17H23FN2O/c1-3-20(15-9-13-5-6-14(10-15)19-13)17(21)12-4-7-16(18)11(2)8-12/h4,7-8,13-15,19H,3,5-6,9-10H2,1-2H3. The fourth-order valence-corrected chi connectivity index (χ4v) is 3.79. The molecular formula is C17H23FN2O. The van der Waals surface area contributed by atoms with Crippen molar-refractivity contribution in [3.05, 3.63) is 35.1 Å². The fraction of sp³-hybridized carbons (Fsp3) is 0.588. The quantitative estimate of drug-likeness (QED) is 0.928. The lowest BCUT2D eigenvalue weighted by Crippen LogP contribution is -2.50. The van der Waals surface area contributed by atoms with Gasteiger partial charge in [0.25, 0.3) is 5.91 Å². The predicted molar refractivity (Wildman–Crippen MR) is 80.8 cm³/mol. The average molecular weight is 290 g/mol. The Morgan fingerprint density at radius 2 is 2.00 bits per heavy atom. The number of rotatable bonds is 3. The Balaban J connectivity index is 1.79. The molecule has 2 saturated heterocycles. The maximum absolute atomic E-state index is 13.4. The Morgan fingerprint density at radius 1 is 1.33 bits per heavy atom. The van der Waals surface area contributed by atoms with E-state index in [4.69, 9.17) is 0 Å². The molecule has 2 unspecified atom stereocenters. The zero-order chi connectivity index (χ0) is 15.0. The molecule has 2 bridgehead atoms. The molecule has 1 aromatic carbocycles. The van der Waals surface area contributed by atoms with Gasteiger partial charge in [-0.15, -0.1) is 0 Å². The number of carbonyl (C=O) groups is 1. The number of nitrogens with zero attached hydrogens (tertiary/aromatic N) is 1. The van der Waals surface area contributed by atoms with Gasteiger partial charge in [-0.25, -0.2) is 4.39 Å². The number of nitrogens with one attached hydrogen (secondary N) is 1. The third-order valence-corrected chi connectivity index (χ3v) is 4.90. The Bertz CT molecular complexity index is 534. The number of fused-ring (bicyclic) bond motifs is 2. The number of hydrogen-bond acceptors (Lipinski definition) is 2. The minimum absolute atomic E-state index is 0.0342. The number of halogens is 1. The Kier molecular flexibility index (Phi) is 3.98. The van der Waals surface area contributed by atoms with Crippen molar-refractivity contribution in [3.8, 4) is 0 Å². The van der Waals surface area contributed by atoms with Crippen molar-refractivity contribution in [2.75, 3.05) is 6.54 Å². The van der Waals surface area contributed by atoms with Gasteiger partial charge in [0, 0.05) is 30.2 Å². The molecule has 0 saturated carbocycles. The Hall–Kier alpha value is -1.42. The van der Waals surface area contributed by atoms with E-state index in [1.54, 1.807) is 19.1 Å². The first-order valence-electron chi connectivity index (χ1n) is 7.91. The van der Waals surface area contributed by atoms with Crippen LogP contribution in [0.2, 0.25) is 0 Å². The van der Waals surface area contributed by atoms with Gasteiger partial charge in [-0.2, -0.15) is 0 Å². The van der Waals surface area contributed by atoms with Gasteiger partial charge < -0.3 is 10.2 Å². The number of aryl methyl sites for hydroxylation is 1. The first-order chi connectivity index (χ1) is 10.1. The Morgan fingerprint density at radius 3 is 2.57 bits per heavy atom. The molecule has 21 heavy (non-hydrogen) atoms. The average Bonchev–Trinajstić information content (AvgIpc) is 2.81. The summed E-state index contributed by atoms with van der Waals surface area (Å²) < 4.78 is 13.4. The first kappa shape index (κ1) is 14.5. The van der Waals surface area contributed by atoms with E-state index >= 15 is 0 Å². The lowest BCUT2D eigenvalue weighted by atomic mass is 9.97. The number of hydrogen-bond donors (Lipinski definition) is 1. The van der Waals surface area contributed by atoms with Gasteiger partial charge in [0.05, 0.1) is 0 Å². The second-order valence-electron chi connectivity index (χ2n) is 6.32. The summed E-state index contributed by atoms with van der Waals surface area (Å²) in [5.74, 6) is -0.221. The summed E-state index contributed by atoms with van der Waals surface area (Å²) >= 11 is 0. The number of carbonyl (C=O) groups excluding carboxylic acids is 1. The third-order valence-electron chi connectivity index (χ3n) is 4.90. The third kappa shape index (κ3) is 2.82. The zero-order valence-electron chi connectivity index (χ0n) is 12.7. The van der Waals surface area contributed by atoms with E-state index in [1.807, 2.05) is 11.8 Å². The summed E-state index contributed by atoms with van der Waals surface area (Å²) in [5, 5.41) is 3.61. The zero-order valence-corrected chi connectivity index (χ0v) is 12.7. The Labute approximate surface area is 125 Å². The van der Waals surface area contributed by atoms with E-state index in [-0.39, 0.29) is 11.7 Å². The maximum atomic E-state index is 13.4. The predicted octanol–water partition coefficient (Wildman–Crippen LogP) is 2.88. The van der Waals surface area contributed by atoms with Crippen LogP contribution in [-0.2, 0) is 0 Å². The molecule has 2 fully saturated rings. The van der Waals surface area contributed by atoms with Gasteiger partial charge in [-0.3, -0.25) is 4.79 Å². The first-order valence-corrected chi connectivity index (χ1v) is 7.91. The molecule has 0 aliphatic carbocycles. The van der Waals surface area contributed by atoms with Crippen molar-refractivity contribution >= 4 is 5.91 Å². The van der Waals surface area contributed by atoms with Crippen molar-refractivity contribution in [3.63, 3.8) is 0 Å². The number of piperidine rings is 1. The highest BCUT2D eigenvalue weighted by atomic mass is 19.1. The second-order valence-corrected chi connectivity index (χ2v) is 6.32. The highest BCUT2D eigenvalue weighted by Gasteiger charge is 2.37. The van der Waals surface area contributed by atoms with Crippen LogP contribution >= 0.6 is 0 Å².